The van der Waals surface area contributed by atoms with Crippen LogP contribution in [0.4, 0.5) is 5.69 Å². The van der Waals surface area contributed by atoms with E-state index >= 15 is 0 Å². The molecule has 27 heavy (non-hydrogen) atoms. The van der Waals surface area contributed by atoms with Gasteiger partial charge in [0.05, 0.1) is 4.47 Å². The van der Waals surface area contributed by atoms with Crippen LogP contribution in [0.3, 0.4) is 0 Å². The van der Waals surface area contributed by atoms with Crippen molar-refractivity contribution in [2.24, 2.45) is 0 Å². The van der Waals surface area contributed by atoms with Crippen LogP contribution in [0.2, 0.25) is 0 Å². The number of amides is 3. The molecule has 3 N–H and O–H groups in total. The largest absolute Gasteiger partial charge is 0.482 e. The first kappa shape index (κ1) is 20.9. The Morgan fingerprint density at radius 2 is 1.70 bits per heavy atom. The van der Waals surface area contributed by atoms with Crippen LogP contribution in [0.15, 0.2) is 45.3 Å². The second-order valence-electron chi connectivity index (χ2n) is 5.58. The Morgan fingerprint density at radius 3 is 2.30 bits per heavy atom. The Kier molecular flexibility index (Phi) is 7.37. The molecule has 2 rings (SSSR count). The Bertz CT molecular complexity index is 846. The topological polar surface area (TPSA) is 96.5 Å². The highest BCUT2D eigenvalue weighted by Gasteiger charge is 2.11. The summed E-state index contributed by atoms with van der Waals surface area (Å²) in [6.07, 6.45) is 0. The van der Waals surface area contributed by atoms with E-state index in [1.807, 2.05) is 19.1 Å². The number of rotatable bonds is 5. The van der Waals surface area contributed by atoms with Crippen LogP contribution in [-0.2, 0) is 9.59 Å². The third-order valence-corrected chi connectivity index (χ3v) is 4.37. The summed E-state index contributed by atoms with van der Waals surface area (Å²) in [6, 6.07) is 9.93. The van der Waals surface area contributed by atoms with Gasteiger partial charge >= 0.3 is 0 Å². The van der Waals surface area contributed by atoms with Gasteiger partial charge in [0, 0.05) is 22.6 Å². The number of benzene rings is 2. The number of nitrogens with one attached hydrogen (secondary N) is 3. The zero-order valence-corrected chi connectivity index (χ0v) is 17.7. The van der Waals surface area contributed by atoms with Crippen molar-refractivity contribution in [3.8, 4) is 5.75 Å². The summed E-state index contributed by atoms with van der Waals surface area (Å²) in [4.78, 5) is 34.9. The summed E-state index contributed by atoms with van der Waals surface area (Å²) in [7, 11) is 0. The number of hydrogen-bond donors (Lipinski definition) is 3. The molecule has 0 aliphatic heterocycles. The second-order valence-corrected chi connectivity index (χ2v) is 7.35. The van der Waals surface area contributed by atoms with Gasteiger partial charge in [-0.25, -0.2) is 0 Å². The Labute approximate surface area is 173 Å². The van der Waals surface area contributed by atoms with Gasteiger partial charge in [-0.05, 0) is 64.8 Å². The minimum Gasteiger partial charge on any atom is -0.482 e. The summed E-state index contributed by atoms with van der Waals surface area (Å²) in [6.45, 7) is 2.99. The standard InChI is InChI=1S/C18H17Br2N3O4/c1-10-7-13(19)8-15(20)17(10)27-9-16(25)22-23-18(26)12-3-5-14(6-4-12)21-11(2)24/h3-8H,9H2,1-2H3,(H,21,24)(H,22,25)(H,23,26). The van der Waals surface area contributed by atoms with Gasteiger partial charge in [-0.1, -0.05) is 15.9 Å². The first-order valence-corrected chi connectivity index (χ1v) is 9.40. The number of carbonyl (C=O) groups is 3. The van der Waals surface area contributed by atoms with Gasteiger partial charge < -0.3 is 10.1 Å². The fourth-order valence-electron chi connectivity index (χ4n) is 2.15. The number of carbonyl (C=O) groups excluding carboxylic acids is 3. The van der Waals surface area contributed by atoms with Crippen LogP contribution < -0.4 is 20.9 Å². The van der Waals surface area contributed by atoms with Crippen molar-refractivity contribution in [3.05, 3.63) is 56.5 Å². The lowest BCUT2D eigenvalue weighted by molar-refractivity contribution is -0.123. The average Bonchev–Trinajstić information content (AvgIpc) is 2.58. The van der Waals surface area contributed by atoms with E-state index in [-0.39, 0.29) is 12.5 Å². The van der Waals surface area contributed by atoms with Gasteiger partial charge in [0.1, 0.15) is 5.75 Å². The zero-order chi connectivity index (χ0) is 20.0. The first-order valence-electron chi connectivity index (χ1n) is 7.81. The molecule has 2 aromatic rings. The van der Waals surface area contributed by atoms with Gasteiger partial charge in [-0.2, -0.15) is 0 Å². The normalized spacial score (nSPS) is 10.1. The number of anilines is 1. The smallest absolute Gasteiger partial charge is 0.276 e. The van der Waals surface area contributed by atoms with Crippen molar-refractivity contribution in [3.63, 3.8) is 0 Å². The summed E-state index contributed by atoms with van der Waals surface area (Å²) < 4.78 is 7.11. The van der Waals surface area contributed by atoms with E-state index in [0.717, 1.165) is 10.0 Å². The molecular weight excluding hydrogens is 482 g/mol. The second kappa shape index (κ2) is 9.52. The van der Waals surface area contributed by atoms with E-state index in [0.29, 0.717) is 21.5 Å². The number of hydrazine groups is 1. The molecule has 0 aliphatic carbocycles. The third kappa shape index (κ3) is 6.37. The molecule has 0 aromatic heterocycles. The molecule has 7 nitrogen and oxygen atoms in total. The SMILES string of the molecule is CC(=O)Nc1ccc(C(=O)NNC(=O)COc2c(C)cc(Br)cc2Br)cc1. The van der Waals surface area contributed by atoms with Gasteiger partial charge in [0.15, 0.2) is 6.61 Å². The van der Waals surface area contributed by atoms with Crippen LogP contribution in [-0.4, -0.2) is 24.3 Å². The number of halogens is 2. The van der Waals surface area contributed by atoms with Gasteiger partial charge in [0.25, 0.3) is 11.8 Å². The Hall–Kier alpha value is -2.39. The Morgan fingerprint density at radius 1 is 1.04 bits per heavy atom. The maximum Gasteiger partial charge on any atom is 0.276 e. The van der Waals surface area contributed by atoms with Crippen molar-refractivity contribution in [2.75, 3.05) is 11.9 Å². The maximum atomic E-state index is 12.0. The molecule has 0 atom stereocenters. The Balaban J connectivity index is 1.85. The van der Waals surface area contributed by atoms with E-state index in [4.69, 9.17) is 4.74 Å². The van der Waals surface area contributed by atoms with Crippen LogP contribution in [0.5, 0.6) is 5.75 Å². The van der Waals surface area contributed by atoms with Crippen molar-refractivity contribution in [2.45, 2.75) is 13.8 Å². The van der Waals surface area contributed by atoms with E-state index in [1.54, 1.807) is 12.1 Å². The van der Waals surface area contributed by atoms with Gasteiger partial charge in [-0.15, -0.1) is 0 Å². The van der Waals surface area contributed by atoms with Crippen molar-refractivity contribution in [1.29, 1.82) is 0 Å². The predicted molar refractivity (Wildman–Crippen MR) is 108 cm³/mol. The van der Waals surface area contributed by atoms with Crippen LogP contribution in [0.25, 0.3) is 0 Å². The van der Waals surface area contributed by atoms with E-state index in [9.17, 15) is 14.4 Å². The summed E-state index contributed by atoms with van der Waals surface area (Å²) in [5, 5.41) is 2.60. The average molecular weight is 499 g/mol. The van der Waals surface area contributed by atoms with Crippen LogP contribution in [0.1, 0.15) is 22.8 Å². The molecule has 0 unspecified atom stereocenters. The maximum absolute atomic E-state index is 12.0. The van der Waals surface area contributed by atoms with E-state index < -0.39 is 11.8 Å². The fraction of sp³-hybridized carbons (Fsp3) is 0.167. The van der Waals surface area contributed by atoms with Gasteiger partial charge in [0.2, 0.25) is 5.91 Å². The lowest BCUT2D eigenvalue weighted by atomic mass is 10.2. The minimum absolute atomic E-state index is 0.202. The van der Waals surface area contributed by atoms with E-state index in [1.165, 1.54) is 19.1 Å². The highest BCUT2D eigenvalue weighted by atomic mass is 79.9. The van der Waals surface area contributed by atoms with Crippen molar-refractivity contribution >= 4 is 55.3 Å². The number of ether oxygens (including phenoxy) is 1. The molecule has 142 valence electrons. The first-order chi connectivity index (χ1) is 12.8. The highest BCUT2D eigenvalue weighted by molar-refractivity contribution is 9.11. The predicted octanol–water partition coefficient (Wildman–Crippen LogP) is 3.32. The molecule has 0 spiro atoms. The molecule has 0 saturated carbocycles. The summed E-state index contributed by atoms with van der Waals surface area (Å²) in [5.74, 6) is -0.647. The number of aryl methyl sites for hydroxylation is 1. The van der Waals surface area contributed by atoms with Gasteiger partial charge in [-0.3, -0.25) is 25.2 Å². The highest BCUT2D eigenvalue weighted by Crippen LogP contribution is 2.32. The molecule has 3 amide bonds. The zero-order valence-electron chi connectivity index (χ0n) is 14.6. The molecule has 0 fully saturated rings. The third-order valence-electron chi connectivity index (χ3n) is 3.32. The van der Waals surface area contributed by atoms with Crippen LogP contribution in [0, 0.1) is 6.92 Å². The minimum atomic E-state index is -0.507. The van der Waals surface area contributed by atoms with Crippen molar-refractivity contribution in [1.82, 2.24) is 10.9 Å². The molecule has 0 aliphatic rings. The molecule has 2 aromatic carbocycles. The van der Waals surface area contributed by atoms with Crippen LogP contribution >= 0.6 is 31.9 Å². The van der Waals surface area contributed by atoms with Crippen molar-refractivity contribution < 1.29 is 19.1 Å². The number of hydrogen-bond acceptors (Lipinski definition) is 4. The quantitative estimate of drug-likeness (QED) is 0.551. The molecule has 0 heterocycles. The summed E-state index contributed by atoms with van der Waals surface area (Å²) >= 11 is 6.75. The molecule has 0 bridgehead atoms. The lowest BCUT2D eigenvalue weighted by Crippen LogP contribution is -2.43. The molecule has 0 saturated heterocycles. The molecular formula is C18H17Br2N3O4. The lowest BCUT2D eigenvalue weighted by Gasteiger charge is -2.12. The molecule has 9 heteroatoms. The monoisotopic (exact) mass is 497 g/mol. The summed E-state index contributed by atoms with van der Waals surface area (Å²) in [5.41, 5.74) is 6.36. The molecule has 0 radical (unpaired) electrons. The van der Waals surface area contributed by atoms with E-state index in [2.05, 4.69) is 48.0 Å². The fourth-order valence-corrected chi connectivity index (χ4v) is 3.71.